The number of aliphatic carboxylic acids is 1. The van der Waals surface area contributed by atoms with Crippen LogP contribution in [0.2, 0.25) is 0 Å². The molecule has 0 saturated heterocycles. The summed E-state index contributed by atoms with van der Waals surface area (Å²) in [6, 6.07) is 24.2. The SMILES string of the molecule is CC(C)CC(Oc1cccc(-c2ccc(C(C)(C)C)cc2)c1)c1ccc(C(=O)NCCC(=O)O)cc1. The molecule has 0 aliphatic rings. The fourth-order valence-corrected chi connectivity index (χ4v) is 3.99. The van der Waals surface area contributed by atoms with Crippen molar-refractivity contribution in [2.24, 2.45) is 5.92 Å². The summed E-state index contributed by atoms with van der Waals surface area (Å²) < 4.78 is 6.48. The zero-order valence-corrected chi connectivity index (χ0v) is 21.9. The fourth-order valence-electron chi connectivity index (χ4n) is 3.99. The van der Waals surface area contributed by atoms with Gasteiger partial charge in [-0.3, -0.25) is 9.59 Å². The molecule has 2 N–H and O–H groups in total. The molecule has 0 fully saturated rings. The number of carbonyl (C=O) groups excluding carboxylic acids is 1. The van der Waals surface area contributed by atoms with Crippen molar-refractivity contribution < 1.29 is 19.4 Å². The van der Waals surface area contributed by atoms with E-state index in [1.807, 2.05) is 24.3 Å². The maximum atomic E-state index is 12.3. The number of carbonyl (C=O) groups is 2. The summed E-state index contributed by atoms with van der Waals surface area (Å²) in [7, 11) is 0. The maximum absolute atomic E-state index is 12.3. The number of hydrogen-bond donors (Lipinski definition) is 2. The van der Waals surface area contributed by atoms with Gasteiger partial charge in [-0.1, -0.05) is 83.1 Å². The average Bonchev–Trinajstić information content (AvgIpc) is 2.83. The maximum Gasteiger partial charge on any atom is 0.305 e. The third-order valence-corrected chi connectivity index (χ3v) is 6.05. The Bertz CT molecular complexity index is 1160. The summed E-state index contributed by atoms with van der Waals surface area (Å²) in [6.45, 7) is 11.1. The Kier molecular flexibility index (Phi) is 8.92. The van der Waals surface area contributed by atoms with Crippen LogP contribution in [0.4, 0.5) is 0 Å². The molecule has 1 amide bonds. The average molecular weight is 488 g/mol. The van der Waals surface area contributed by atoms with Crippen molar-refractivity contribution in [3.05, 3.63) is 89.5 Å². The van der Waals surface area contributed by atoms with E-state index in [4.69, 9.17) is 9.84 Å². The molecule has 3 rings (SSSR count). The van der Waals surface area contributed by atoms with E-state index < -0.39 is 5.97 Å². The quantitative estimate of drug-likeness (QED) is 0.322. The monoisotopic (exact) mass is 487 g/mol. The summed E-state index contributed by atoms with van der Waals surface area (Å²) in [5.41, 5.74) is 5.15. The summed E-state index contributed by atoms with van der Waals surface area (Å²) in [6.07, 6.45) is 0.565. The van der Waals surface area contributed by atoms with Crippen LogP contribution in [0.25, 0.3) is 11.1 Å². The largest absolute Gasteiger partial charge is 0.486 e. The Morgan fingerprint density at radius 1 is 0.917 bits per heavy atom. The van der Waals surface area contributed by atoms with Crippen LogP contribution in [0.5, 0.6) is 5.75 Å². The van der Waals surface area contributed by atoms with Crippen LogP contribution in [-0.4, -0.2) is 23.5 Å². The molecular formula is C31H37NO4. The van der Waals surface area contributed by atoms with Crippen molar-refractivity contribution in [2.45, 2.75) is 59.0 Å². The summed E-state index contributed by atoms with van der Waals surface area (Å²) >= 11 is 0. The van der Waals surface area contributed by atoms with Gasteiger partial charge in [-0.25, -0.2) is 0 Å². The number of benzene rings is 3. The van der Waals surface area contributed by atoms with E-state index in [0.29, 0.717) is 11.5 Å². The second-order valence-corrected chi connectivity index (χ2v) is 10.6. The molecule has 1 atom stereocenters. The van der Waals surface area contributed by atoms with Crippen molar-refractivity contribution in [2.75, 3.05) is 6.54 Å². The number of ether oxygens (including phenoxy) is 1. The first kappa shape index (κ1) is 27.0. The predicted octanol–water partition coefficient (Wildman–Crippen LogP) is 7.02. The van der Waals surface area contributed by atoms with E-state index in [1.54, 1.807) is 12.1 Å². The first-order chi connectivity index (χ1) is 17.0. The van der Waals surface area contributed by atoms with Gasteiger partial charge in [-0.05, 0) is 64.3 Å². The number of hydrogen-bond acceptors (Lipinski definition) is 3. The van der Waals surface area contributed by atoms with E-state index in [9.17, 15) is 9.59 Å². The minimum Gasteiger partial charge on any atom is -0.486 e. The van der Waals surface area contributed by atoms with Gasteiger partial charge in [0.2, 0.25) is 0 Å². The molecule has 3 aromatic rings. The van der Waals surface area contributed by atoms with Crippen molar-refractivity contribution in [3.8, 4) is 16.9 Å². The minimum atomic E-state index is -0.940. The van der Waals surface area contributed by atoms with Gasteiger partial charge in [0.1, 0.15) is 11.9 Å². The van der Waals surface area contributed by atoms with Crippen LogP contribution < -0.4 is 10.1 Å². The van der Waals surface area contributed by atoms with Gasteiger partial charge in [0, 0.05) is 12.1 Å². The van der Waals surface area contributed by atoms with Crippen LogP contribution in [-0.2, 0) is 10.2 Å². The second-order valence-electron chi connectivity index (χ2n) is 10.6. The van der Waals surface area contributed by atoms with Crippen molar-refractivity contribution >= 4 is 11.9 Å². The van der Waals surface area contributed by atoms with Gasteiger partial charge >= 0.3 is 5.97 Å². The summed E-state index contributed by atoms with van der Waals surface area (Å²) in [5.74, 6) is -0.00437. The molecule has 0 heterocycles. The van der Waals surface area contributed by atoms with Crippen LogP contribution in [0, 0.1) is 5.92 Å². The molecule has 0 spiro atoms. The molecule has 3 aromatic carbocycles. The van der Waals surface area contributed by atoms with Crippen LogP contribution in [0.3, 0.4) is 0 Å². The number of amides is 1. The lowest BCUT2D eigenvalue weighted by molar-refractivity contribution is -0.136. The Hall–Kier alpha value is -3.60. The molecule has 1 unspecified atom stereocenters. The summed E-state index contributed by atoms with van der Waals surface area (Å²) in [4.78, 5) is 22.9. The standard InChI is InChI=1S/C31H37NO4/c1-21(2)19-28(23-9-11-24(12-10-23)30(35)32-18-17-29(33)34)36-27-8-6-7-25(20-27)22-13-15-26(16-14-22)31(3,4)5/h6-16,20-21,28H,17-19H2,1-5H3,(H,32,35)(H,33,34). The first-order valence-electron chi connectivity index (χ1n) is 12.5. The van der Waals surface area contributed by atoms with Crippen LogP contribution in [0.1, 0.15) is 75.0 Å². The van der Waals surface area contributed by atoms with Crippen LogP contribution in [0.15, 0.2) is 72.8 Å². The van der Waals surface area contributed by atoms with E-state index in [-0.39, 0.29) is 30.4 Å². The Labute approximate surface area is 214 Å². The first-order valence-corrected chi connectivity index (χ1v) is 12.5. The number of carboxylic acids is 1. The molecule has 36 heavy (non-hydrogen) atoms. The molecule has 0 aromatic heterocycles. The number of rotatable bonds is 10. The third kappa shape index (κ3) is 7.70. The smallest absolute Gasteiger partial charge is 0.305 e. The van der Waals surface area contributed by atoms with Gasteiger partial charge in [0.15, 0.2) is 0 Å². The molecule has 0 bridgehead atoms. The lowest BCUT2D eigenvalue weighted by Gasteiger charge is -2.22. The number of nitrogens with one attached hydrogen (secondary N) is 1. The predicted molar refractivity (Wildman–Crippen MR) is 144 cm³/mol. The zero-order valence-electron chi connectivity index (χ0n) is 21.9. The van der Waals surface area contributed by atoms with Gasteiger partial charge in [0.05, 0.1) is 6.42 Å². The van der Waals surface area contributed by atoms with E-state index in [0.717, 1.165) is 28.9 Å². The lowest BCUT2D eigenvalue weighted by Crippen LogP contribution is -2.26. The molecule has 190 valence electrons. The second kappa shape index (κ2) is 11.9. The number of carboxylic acid groups (broad SMARTS) is 1. The Morgan fingerprint density at radius 2 is 1.58 bits per heavy atom. The third-order valence-electron chi connectivity index (χ3n) is 6.05. The lowest BCUT2D eigenvalue weighted by atomic mass is 9.86. The Morgan fingerprint density at radius 3 is 2.17 bits per heavy atom. The highest BCUT2D eigenvalue weighted by molar-refractivity contribution is 5.94. The van der Waals surface area contributed by atoms with Crippen molar-refractivity contribution in [1.82, 2.24) is 5.32 Å². The summed E-state index contributed by atoms with van der Waals surface area (Å²) in [5, 5.41) is 11.4. The van der Waals surface area contributed by atoms with Crippen molar-refractivity contribution in [1.29, 1.82) is 0 Å². The normalized spacial score (nSPS) is 12.3. The van der Waals surface area contributed by atoms with Crippen LogP contribution >= 0.6 is 0 Å². The van der Waals surface area contributed by atoms with E-state index >= 15 is 0 Å². The molecule has 0 saturated carbocycles. The molecule has 5 heteroatoms. The molecular weight excluding hydrogens is 450 g/mol. The fraction of sp³-hybridized carbons (Fsp3) is 0.355. The molecule has 0 aliphatic carbocycles. The van der Waals surface area contributed by atoms with Gasteiger partial charge in [-0.15, -0.1) is 0 Å². The van der Waals surface area contributed by atoms with Gasteiger partial charge in [0.25, 0.3) is 5.91 Å². The van der Waals surface area contributed by atoms with E-state index in [1.165, 1.54) is 5.56 Å². The highest BCUT2D eigenvalue weighted by Gasteiger charge is 2.17. The highest BCUT2D eigenvalue weighted by Crippen LogP contribution is 2.32. The van der Waals surface area contributed by atoms with E-state index in [2.05, 4.69) is 76.3 Å². The van der Waals surface area contributed by atoms with Gasteiger partial charge < -0.3 is 15.2 Å². The van der Waals surface area contributed by atoms with Crippen molar-refractivity contribution in [3.63, 3.8) is 0 Å². The topological polar surface area (TPSA) is 75.6 Å². The molecule has 0 aliphatic heterocycles. The Balaban J connectivity index is 1.76. The molecule has 5 nitrogen and oxygen atoms in total. The zero-order chi connectivity index (χ0) is 26.3. The minimum absolute atomic E-state index is 0.101. The van der Waals surface area contributed by atoms with Gasteiger partial charge in [-0.2, -0.15) is 0 Å². The molecule has 0 radical (unpaired) electrons. The highest BCUT2D eigenvalue weighted by atomic mass is 16.5.